The third-order valence-electron chi connectivity index (χ3n) is 1.66. The molecular weight excluding hydrogens is 214 g/mol. The van der Waals surface area contributed by atoms with Crippen molar-refractivity contribution in [3.8, 4) is 0 Å². The third kappa shape index (κ3) is 2.11. The van der Waals surface area contributed by atoms with Crippen LogP contribution in [0.15, 0.2) is 29.3 Å². The normalized spacial score (nSPS) is 10.6. The van der Waals surface area contributed by atoms with E-state index < -0.39 is 0 Å². The Morgan fingerprint density at radius 2 is 1.92 bits per heavy atom. The average Bonchev–Trinajstić information content (AvgIpc) is 2.05. The van der Waals surface area contributed by atoms with Gasteiger partial charge in [-0.05, 0) is 22.7 Å². The van der Waals surface area contributed by atoms with Crippen LogP contribution in [0, 0.1) is 0 Å². The summed E-state index contributed by atoms with van der Waals surface area (Å²) in [5.41, 5.74) is 2.45. The molecule has 0 radical (unpaired) electrons. The summed E-state index contributed by atoms with van der Waals surface area (Å²) in [4.78, 5) is 3.97. The lowest BCUT2D eigenvalue weighted by molar-refractivity contribution is 1.13. The van der Waals surface area contributed by atoms with E-state index in [4.69, 9.17) is 0 Å². The highest BCUT2D eigenvalue weighted by molar-refractivity contribution is 9.11. The SMILES string of the molecule is CN(C)c1ccccc1/C=C/Br. The van der Waals surface area contributed by atoms with Crippen molar-refractivity contribution in [3.63, 3.8) is 0 Å². The number of hydrogen-bond donors (Lipinski definition) is 0. The Bertz CT molecular complexity index is 279. The second-order valence-corrected chi connectivity index (χ2v) is 3.27. The zero-order valence-corrected chi connectivity index (χ0v) is 8.88. The first-order chi connectivity index (χ1) is 5.75. The van der Waals surface area contributed by atoms with Crippen molar-refractivity contribution in [2.24, 2.45) is 0 Å². The van der Waals surface area contributed by atoms with Gasteiger partial charge in [-0.15, -0.1) is 0 Å². The number of rotatable bonds is 2. The van der Waals surface area contributed by atoms with E-state index in [9.17, 15) is 0 Å². The number of para-hydroxylation sites is 1. The van der Waals surface area contributed by atoms with E-state index in [-0.39, 0.29) is 0 Å². The number of anilines is 1. The first-order valence-electron chi connectivity index (χ1n) is 3.79. The van der Waals surface area contributed by atoms with Crippen molar-refractivity contribution < 1.29 is 0 Å². The van der Waals surface area contributed by atoms with Crippen LogP contribution in [0.1, 0.15) is 5.56 Å². The molecule has 0 unspecified atom stereocenters. The summed E-state index contributed by atoms with van der Waals surface area (Å²) in [5, 5.41) is 0. The summed E-state index contributed by atoms with van der Waals surface area (Å²) in [6.45, 7) is 0. The van der Waals surface area contributed by atoms with E-state index in [1.807, 2.05) is 37.3 Å². The van der Waals surface area contributed by atoms with Gasteiger partial charge in [0.1, 0.15) is 0 Å². The van der Waals surface area contributed by atoms with Crippen LogP contribution in [0.3, 0.4) is 0 Å². The van der Waals surface area contributed by atoms with Crippen molar-refractivity contribution >= 4 is 27.7 Å². The molecule has 12 heavy (non-hydrogen) atoms. The maximum absolute atomic E-state index is 3.27. The van der Waals surface area contributed by atoms with Gasteiger partial charge in [-0.2, -0.15) is 0 Å². The molecule has 0 heterocycles. The summed E-state index contributed by atoms with van der Waals surface area (Å²) in [6, 6.07) is 8.27. The van der Waals surface area contributed by atoms with Gasteiger partial charge in [0.15, 0.2) is 0 Å². The molecule has 2 heteroatoms. The molecular formula is C10H12BrN. The van der Waals surface area contributed by atoms with Crippen LogP contribution in [-0.2, 0) is 0 Å². The predicted octanol–water partition coefficient (Wildman–Crippen LogP) is 3.12. The van der Waals surface area contributed by atoms with Gasteiger partial charge in [-0.3, -0.25) is 0 Å². The van der Waals surface area contributed by atoms with Gasteiger partial charge in [0.25, 0.3) is 0 Å². The van der Waals surface area contributed by atoms with Crippen LogP contribution in [0.4, 0.5) is 5.69 Å². The van der Waals surface area contributed by atoms with Gasteiger partial charge in [0.05, 0.1) is 0 Å². The topological polar surface area (TPSA) is 3.24 Å². The van der Waals surface area contributed by atoms with Crippen molar-refractivity contribution in [2.45, 2.75) is 0 Å². The van der Waals surface area contributed by atoms with Gasteiger partial charge in [-0.1, -0.05) is 34.1 Å². The summed E-state index contributed by atoms with van der Waals surface area (Å²) in [6.07, 6.45) is 2.04. The lowest BCUT2D eigenvalue weighted by Crippen LogP contribution is -2.09. The highest BCUT2D eigenvalue weighted by atomic mass is 79.9. The molecule has 1 aromatic rings. The van der Waals surface area contributed by atoms with Crippen molar-refractivity contribution in [1.82, 2.24) is 0 Å². The molecule has 1 nitrogen and oxygen atoms in total. The van der Waals surface area contributed by atoms with Gasteiger partial charge in [0.2, 0.25) is 0 Å². The molecule has 0 saturated carbocycles. The molecule has 0 fully saturated rings. The first-order valence-corrected chi connectivity index (χ1v) is 4.70. The maximum Gasteiger partial charge on any atom is 0.0434 e. The standard InChI is InChI=1S/C10H12BrN/c1-12(2)10-6-4-3-5-9(10)7-8-11/h3-8H,1-2H3/b8-7+. The largest absolute Gasteiger partial charge is 0.377 e. The Labute approximate surface area is 81.8 Å². The zero-order chi connectivity index (χ0) is 8.97. The second-order valence-electron chi connectivity index (χ2n) is 2.75. The smallest absolute Gasteiger partial charge is 0.0434 e. The fourth-order valence-electron chi connectivity index (χ4n) is 1.10. The van der Waals surface area contributed by atoms with Crippen LogP contribution in [0.2, 0.25) is 0 Å². The molecule has 1 aromatic carbocycles. The lowest BCUT2D eigenvalue weighted by Gasteiger charge is -2.14. The number of benzene rings is 1. The first kappa shape index (κ1) is 9.33. The van der Waals surface area contributed by atoms with Gasteiger partial charge in [0, 0.05) is 19.8 Å². The fraction of sp³-hybridized carbons (Fsp3) is 0.200. The van der Waals surface area contributed by atoms with E-state index in [0.717, 1.165) is 0 Å². The second kappa shape index (κ2) is 4.31. The molecule has 0 amide bonds. The van der Waals surface area contributed by atoms with Gasteiger partial charge >= 0.3 is 0 Å². The van der Waals surface area contributed by atoms with E-state index in [0.29, 0.717) is 0 Å². The molecule has 0 bridgehead atoms. The fourth-order valence-corrected chi connectivity index (χ4v) is 1.39. The molecule has 0 aromatic heterocycles. The monoisotopic (exact) mass is 225 g/mol. The number of hydrogen-bond acceptors (Lipinski definition) is 1. The molecule has 1 rings (SSSR count). The summed E-state index contributed by atoms with van der Waals surface area (Å²) < 4.78 is 0. The molecule has 0 aliphatic carbocycles. The molecule has 0 saturated heterocycles. The Hall–Kier alpha value is -0.760. The van der Waals surface area contributed by atoms with Gasteiger partial charge < -0.3 is 4.90 Å². The van der Waals surface area contributed by atoms with Crippen LogP contribution < -0.4 is 4.90 Å². The summed E-state index contributed by atoms with van der Waals surface area (Å²) >= 11 is 3.27. The van der Waals surface area contributed by atoms with E-state index >= 15 is 0 Å². The van der Waals surface area contributed by atoms with E-state index in [1.165, 1.54) is 11.3 Å². The quantitative estimate of drug-likeness (QED) is 0.748. The Morgan fingerprint density at radius 3 is 2.50 bits per heavy atom. The predicted molar refractivity (Wildman–Crippen MR) is 58.7 cm³/mol. The molecule has 64 valence electrons. The minimum atomic E-state index is 1.22. The van der Waals surface area contributed by atoms with Crippen LogP contribution in [0.25, 0.3) is 6.08 Å². The zero-order valence-electron chi connectivity index (χ0n) is 7.29. The highest BCUT2D eigenvalue weighted by Crippen LogP contribution is 2.19. The van der Waals surface area contributed by atoms with E-state index in [2.05, 4.69) is 33.0 Å². The molecule has 0 aliphatic heterocycles. The molecule has 0 aliphatic rings. The van der Waals surface area contributed by atoms with E-state index in [1.54, 1.807) is 0 Å². The Kier molecular flexibility index (Phi) is 3.35. The number of halogens is 1. The lowest BCUT2D eigenvalue weighted by atomic mass is 10.1. The molecule has 0 atom stereocenters. The maximum atomic E-state index is 3.27. The molecule has 0 N–H and O–H groups in total. The minimum Gasteiger partial charge on any atom is -0.377 e. The average molecular weight is 226 g/mol. The van der Waals surface area contributed by atoms with Crippen molar-refractivity contribution in [2.75, 3.05) is 19.0 Å². The van der Waals surface area contributed by atoms with Gasteiger partial charge in [-0.25, -0.2) is 0 Å². The Balaban J connectivity index is 3.08. The third-order valence-corrected chi connectivity index (χ3v) is 1.93. The molecule has 0 spiro atoms. The summed E-state index contributed by atoms with van der Waals surface area (Å²) in [7, 11) is 4.09. The van der Waals surface area contributed by atoms with Crippen LogP contribution >= 0.6 is 15.9 Å². The minimum absolute atomic E-state index is 1.22. The van der Waals surface area contributed by atoms with Crippen LogP contribution in [-0.4, -0.2) is 14.1 Å². The highest BCUT2D eigenvalue weighted by Gasteiger charge is 1.98. The van der Waals surface area contributed by atoms with Crippen LogP contribution in [0.5, 0.6) is 0 Å². The summed E-state index contributed by atoms with van der Waals surface area (Å²) in [5.74, 6) is 0. The van der Waals surface area contributed by atoms with Crippen molar-refractivity contribution in [3.05, 3.63) is 34.8 Å². The Morgan fingerprint density at radius 1 is 1.25 bits per heavy atom. The number of nitrogens with zero attached hydrogens (tertiary/aromatic N) is 1. The van der Waals surface area contributed by atoms with Crippen molar-refractivity contribution in [1.29, 1.82) is 0 Å².